The summed E-state index contributed by atoms with van der Waals surface area (Å²) < 4.78 is 5.05. The first-order chi connectivity index (χ1) is 6.31. The zero-order chi connectivity index (χ0) is 9.26. The zero-order valence-electron chi connectivity index (χ0n) is 8.57. The number of carbonyl (C=O) groups is 1. The first-order valence-electron chi connectivity index (χ1n) is 5.22. The van der Waals surface area contributed by atoms with E-state index in [4.69, 9.17) is 4.74 Å². The molecule has 3 fully saturated rings. The van der Waals surface area contributed by atoms with Crippen LogP contribution in [0, 0.1) is 5.92 Å². The van der Waals surface area contributed by atoms with Gasteiger partial charge < -0.3 is 4.74 Å². The van der Waals surface area contributed by atoms with Crippen LogP contribution in [0.25, 0.3) is 0 Å². The van der Waals surface area contributed by atoms with Crippen molar-refractivity contribution >= 4 is 18.4 Å². The second-order valence-electron chi connectivity index (χ2n) is 3.98. The van der Waals surface area contributed by atoms with Crippen molar-refractivity contribution in [1.82, 2.24) is 4.90 Å². The van der Waals surface area contributed by atoms with Crippen LogP contribution in [0.5, 0.6) is 0 Å². The molecule has 0 radical (unpaired) electrons. The molecule has 1 unspecified atom stereocenters. The van der Waals surface area contributed by atoms with E-state index in [1.54, 1.807) is 0 Å². The summed E-state index contributed by atoms with van der Waals surface area (Å²) in [7, 11) is 0. The fourth-order valence-corrected chi connectivity index (χ4v) is 2.45. The number of halogens is 1. The first kappa shape index (κ1) is 11.8. The van der Waals surface area contributed by atoms with E-state index < -0.39 is 0 Å². The highest BCUT2D eigenvalue weighted by Gasteiger charge is 2.38. The Labute approximate surface area is 91.2 Å². The van der Waals surface area contributed by atoms with Gasteiger partial charge in [0.15, 0.2) is 0 Å². The molecule has 0 spiro atoms. The lowest BCUT2D eigenvalue weighted by atomic mass is 9.83. The predicted octanol–water partition coefficient (Wildman–Crippen LogP) is 1.46. The molecular formula is C10H18ClNO2. The molecule has 0 aliphatic carbocycles. The van der Waals surface area contributed by atoms with Gasteiger partial charge in [-0.15, -0.1) is 12.4 Å². The van der Waals surface area contributed by atoms with Gasteiger partial charge in [0.25, 0.3) is 0 Å². The Morgan fingerprint density at radius 2 is 2.07 bits per heavy atom. The number of esters is 1. The molecule has 3 saturated heterocycles. The van der Waals surface area contributed by atoms with E-state index in [1.165, 1.54) is 12.8 Å². The molecule has 0 N–H and O–H groups in total. The summed E-state index contributed by atoms with van der Waals surface area (Å²) in [6, 6.07) is 0.0763. The van der Waals surface area contributed by atoms with Gasteiger partial charge in [-0.3, -0.25) is 9.69 Å². The Morgan fingerprint density at radius 3 is 2.50 bits per heavy atom. The summed E-state index contributed by atoms with van der Waals surface area (Å²) >= 11 is 0. The quantitative estimate of drug-likeness (QED) is 0.659. The SMILES string of the molecule is CCOC(=O)C1CC2CCN1CC2.Cl. The van der Waals surface area contributed by atoms with Crippen molar-refractivity contribution in [2.45, 2.75) is 32.2 Å². The summed E-state index contributed by atoms with van der Waals surface area (Å²) in [4.78, 5) is 13.8. The topological polar surface area (TPSA) is 29.5 Å². The summed E-state index contributed by atoms with van der Waals surface area (Å²) in [5, 5.41) is 0. The first-order valence-corrected chi connectivity index (χ1v) is 5.22. The van der Waals surface area contributed by atoms with E-state index in [-0.39, 0.29) is 24.4 Å². The summed E-state index contributed by atoms with van der Waals surface area (Å²) in [5.41, 5.74) is 0. The van der Waals surface area contributed by atoms with Crippen LogP contribution in [-0.4, -0.2) is 36.6 Å². The van der Waals surface area contributed by atoms with Gasteiger partial charge in [0.2, 0.25) is 0 Å². The van der Waals surface area contributed by atoms with Crippen LogP contribution >= 0.6 is 12.4 Å². The molecule has 3 rings (SSSR count). The lowest BCUT2D eigenvalue weighted by Gasteiger charge is -2.43. The lowest BCUT2D eigenvalue weighted by Crippen LogP contribution is -2.52. The van der Waals surface area contributed by atoms with Crippen LogP contribution < -0.4 is 0 Å². The Bertz CT molecular complexity index is 202. The smallest absolute Gasteiger partial charge is 0.323 e. The monoisotopic (exact) mass is 219 g/mol. The molecule has 0 aromatic rings. The maximum absolute atomic E-state index is 11.5. The van der Waals surface area contributed by atoms with Crippen molar-refractivity contribution in [2.24, 2.45) is 5.92 Å². The second kappa shape index (κ2) is 4.99. The normalized spacial score (nSPS) is 34.8. The average Bonchev–Trinajstić information content (AvgIpc) is 2.20. The van der Waals surface area contributed by atoms with Crippen molar-refractivity contribution in [3.8, 4) is 0 Å². The Hall–Kier alpha value is -0.280. The van der Waals surface area contributed by atoms with Crippen molar-refractivity contribution in [3.63, 3.8) is 0 Å². The third-order valence-corrected chi connectivity index (χ3v) is 3.21. The van der Waals surface area contributed by atoms with E-state index in [0.717, 1.165) is 25.4 Å². The van der Waals surface area contributed by atoms with Gasteiger partial charge in [-0.25, -0.2) is 0 Å². The molecule has 0 aromatic carbocycles. The van der Waals surface area contributed by atoms with E-state index in [9.17, 15) is 4.79 Å². The highest BCUT2D eigenvalue weighted by molar-refractivity contribution is 5.85. The van der Waals surface area contributed by atoms with Gasteiger partial charge in [-0.05, 0) is 45.2 Å². The van der Waals surface area contributed by atoms with Gasteiger partial charge in [0.05, 0.1) is 6.61 Å². The maximum atomic E-state index is 11.5. The number of nitrogens with zero attached hydrogens (tertiary/aromatic N) is 1. The Kier molecular flexibility index (Phi) is 4.20. The maximum Gasteiger partial charge on any atom is 0.323 e. The number of rotatable bonds is 2. The molecule has 0 saturated carbocycles. The molecule has 14 heavy (non-hydrogen) atoms. The van der Waals surface area contributed by atoms with Crippen LogP contribution in [-0.2, 0) is 9.53 Å². The highest BCUT2D eigenvalue weighted by atomic mass is 35.5. The fraction of sp³-hybridized carbons (Fsp3) is 0.900. The number of fused-ring (bicyclic) bond motifs is 3. The predicted molar refractivity (Wildman–Crippen MR) is 56.6 cm³/mol. The van der Waals surface area contributed by atoms with Gasteiger partial charge in [-0.1, -0.05) is 0 Å². The number of hydrogen-bond donors (Lipinski definition) is 0. The Morgan fingerprint density at radius 1 is 1.43 bits per heavy atom. The second-order valence-corrected chi connectivity index (χ2v) is 3.98. The van der Waals surface area contributed by atoms with Gasteiger partial charge in [0, 0.05) is 0 Å². The van der Waals surface area contributed by atoms with Crippen molar-refractivity contribution in [1.29, 1.82) is 0 Å². The number of ether oxygens (including phenoxy) is 1. The molecular weight excluding hydrogens is 202 g/mol. The molecule has 0 amide bonds. The summed E-state index contributed by atoms with van der Waals surface area (Å²) in [6.07, 6.45) is 3.57. The minimum Gasteiger partial charge on any atom is -0.465 e. The zero-order valence-corrected chi connectivity index (χ0v) is 9.39. The molecule has 0 aromatic heterocycles. The van der Waals surface area contributed by atoms with Crippen molar-refractivity contribution < 1.29 is 9.53 Å². The minimum atomic E-state index is -0.00750. The lowest BCUT2D eigenvalue weighted by molar-refractivity contribution is -0.153. The van der Waals surface area contributed by atoms with Crippen LogP contribution in [0.3, 0.4) is 0 Å². The molecule has 1 atom stereocenters. The molecule has 3 aliphatic rings. The number of carbonyl (C=O) groups excluding carboxylic acids is 1. The highest BCUT2D eigenvalue weighted by Crippen LogP contribution is 2.32. The molecule has 82 valence electrons. The summed E-state index contributed by atoms with van der Waals surface area (Å²) in [5.74, 6) is 0.770. The van der Waals surface area contributed by atoms with Crippen LogP contribution in [0.15, 0.2) is 0 Å². The van der Waals surface area contributed by atoms with E-state index in [2.05, 4.69) is 4.90 Å². The number of piperidine rings is 3. The molecule has 3 nitrogen and oxygen atoms in total. The summed E-state index contributed by atoms with van der Waals surface area (Å²) in [6.45, 7) is 4.56. The van der Waals surface area contributed by atoms with Crippen LogP contribution in [0.1, 0.15) is 26.2 Å². The average molecular weight is 220 g/mol. The molecule has 3 heterocycles. The van der Waals surface area contributed by atoms with Crippen molar-refractivity contribution in [3.05, 3.63) is 0 Å². The fourth-order valence-electron chi connectivity index (χ4n) is 2.45. The van der Waals surface area contributed by atoms with Gasteiger partial charge in [-0.2, -0.15) is 0 Å². The van der Waals surface area contributed by atoms with E-state index in [1.807, 2.05) is 6.92 Å². The largest absolute Gasteiger partial charge is 0.465 e. The Balaban J connectivity index is 0.000000980. The van der Waals surface area contributed by atoms with Crippen LogP contribution in [0.4, 0.5) is 0 Å². The standard InChI is InChI=1S/C10H17NO2.ClH/c1-2-13-10(12)9-7-8-3-5-11(9)6-4-8;/h8-9H,2-7H2,1H3;1H. The van der Waals surface area contributed by atoms with Crippen LogP contribution in [0.2, 0.25) is 0 Å². The van der Waals surface area contributed by atoms with E-state index >= 15 is 0 Å². The third kappa shape index (κ3) is 2.20. The molecule has 2 bridgehead atoms. The number of hydrogen-bond acceptors (Lipinski definition) is 3. The molecule has 3 aliphatic heterocycles. The van der Waals surface area contributed by atoms with E-state index in [0.29, 0.717) is 6.61 Å². The van der Waals surface area contributed by atoms with Gasteiger partial charge >= 0.3 is 5.97 Å². The van der Waals surface area contributed by atoms with Gasteiger partial charge in [0.1, 0.15) is 6.04 Å². The van der Waals surface area contributed by atoms with Crippen molar-refractivity contribution in [2.75, 3.05) is 19.7 Å². The minimum absolute atomic E-state index is 0. The third-order valence-electron chi connectivity index (χ3n) is 3.21. The molecule has 4 heteroatoms.